The van der Waals surface area contributed by atoms with Crippen molar-refractivity contribution in [1.82, 2.24) is 35.3 Å². The molecule has 1 unspecified atom stereocenters. The molecule has 0 spiro atoms. The smallest absolute Gasteiger partial charge is 0.262 e. The number of imide groups is 2. The van der Waals surface area contributed by atoms with E-state index in [1.807, 2.05) is 39.8 Å². The van der Waals surface area contributed by atoms with Crippen LogP contribution in [0.4, 0.5) is 10.1 Å². The predicted octanol–water partition coefficient (Wildman–Crippen LogP) is 2.63. The van der Waals surface area contributed by atoms with Gasteiger partial charge in [-0.05, 0) is 78.4 Å². The third-order valence-electron chi connectivity index (χ3n) is 10.5. The van der Waals surface area contributed by atoms with E-state index < -0.39 is 50.8 Å². The van der Waals surface area contributed by atoms with Gasteiger partial charge in [0.2, 0.25) is 27.8 Å². The average Bonchev–Trinajstić information content (AvgIpc) is 3.37. The number of hydrogen-bond acceptors (Lipinski definition) is 10. The summed E-state index contributed by atoms with van der Waals surface area (Å²) in [6, 6.07) is 1.46. The van der Waals surface area contributed by atoms with E-state index in [4.69, 9.17) is 0 Å². The topological polar surface area (TPSA) is 179 Å². The largest absolute Gasteiger partial charge is 0.352 e. The van der Waals surface area contributed by atoms with Gasteiger partial charge in [0, 0.05) is 64.8 Å². The minimum absolute atomic E-state index is 0.0000854. The number of nitrogens with zero attached hydrogens (tertiary/aromatic N) is 7. The lowest BCUT2D eigenvalue weighted by molar-refractivity contribution is -0.136. The number of hydrazine groups is 2. The van der Waals surface area contributed by atoms with Gasteiger partial charge in [0.1, 0.15) is 17.7 Å². The summed E-state index contributed by atoms with van der Waals surface area (Å²) in [4.78, 5) is 61.0. The molecule has 3 N–H and O–H groups in total. The van der Waals surface area contributed by atoms with Crippen LogP contribution in [0.3, 0.4) is 0 Å². The molecule has 304 valence electrons. The molecule has 0 bridgehead atoms. The maximum absolute atomic E-state index is 16.0. The number of nitrogens with one attached hydrogen (secondary N) is 3. The number of unbranched alkanes of at least 4 members (excludes halogenated alkanes) is 2. The number of piperidine rings is 3. The Hall–Kier alpha value is -4.16. The zero-order valence-electron chi connectivity index (χ0n) is 32.9. The van der Waals surface area contributed by atoms with E-state index in [1.165, 1.54) is 6.07 Å². The molecule has 0 aromatic heterocycles. The molecule has 18 heteroatoms. The second kappa shape index (κ2) is 18.2. The molecule has 4 amide bonds. The van der Waals surface area contributed by atoms with Gasteiger partial charge in [0.15, 0.2) is 0 Å². The first-order valence-electron chi connectivity index (χ1n) is 19.6. The lowest BCUT2D eigenvalue weighted by Crippen LogP contribution is -2.55. The van der Waals surface area contributed by atoms with Crippen molar-refractivity contribution in [2.24, 2.45) is 9.98 Å². The molecule has 1 aromatic rings. The normalized spacial score (nSPS) is 21.3. The van der Waals surface area contributed by atoms with Crippen molar-refractivity contribution in [1.29, 1.82) is 0 Å². The fourth-order valence-electron chi connectivity index (χ4n) is 7.74. The second-order valence-corrected chi connectivity index (χ2v) is 17.1. The Morgan fingerprint density at radius 1 is 0.982 bits per heavy atom. The Morgan fingerprint density at radius 2 is 1.64 bits per heavy atom. The van der Waals surface area contributed by atoms with E-state index in [9.17, 15) is 27.6 Å². The Kier molecular flexibility index (Phi) is 13.9. The monoisotopic (exact) mass is 788 g/mol. The first kappa shape index (κ1) is 42.0. The summed E-state index contributed by atoms with van der Waals surface area (Å²) in [5.74, 6) is -1.96. The van der Waals surface area contributed by atoms with Crippen LogP contribution < -0.4 is 21.1 Å². The number of rotatable bonds is 12. The van der Waals surface area contributed by atoms with Crippen LogP contribution in [-0.2, 0) is 19.6 Å². The van der Waals surface area contributed by atoms with Gasteiger partial charge in [-0.1, -0.05) is 19.8 Å². The molecule has 0 aliphatic carbocycles. The molecule has 1 atom stereocenters. The van der Waals surface area contributed by atoms with Gasteiger partial charge >= 0.3 is 0 Å². The first-order valence-corrected chi connectivity index (χ1v) is 21.1. The van der Waals surface area contributed by atoms with Crippen LogP contribution in [0.15, 0.2) is 22.1 Å². The van der Waals surface area contributed by atoms with Gasteiger partial charge in [-0.25, -0.2) is 22.1 Å². The molecular weight excluding hydrogens is 732 g/mol. The molecule has 4 aliphatic heterocycles. The third-order valence-corrected chi connectivity index (χ3v) is 12.9. The lowest BCUT2D eigenvalue weighted by Gasteiger charge is -2.42. The quantitative estimate of drug-likeness (QED) is 0.0933. The van der Waals surface area contributed by atoms with Gasteiger partial charge in [0.05, 0.1) is 22.1 Å². The number of aliphatic imine (C=N–C) groups is 2. The minimum atomic E-state index is -3.60. The van der Waals surface area contributed by atoms with E-state index in [-0.39, 0.29) is 41.7 Å². The number of fused-ring (bicyclic) bond motifs is 1. The van der Waals surface area contributed by atoms with Crippen molar-refractivity contribution < 1.29 is 32.0 Å². The number of halogens is 1. The maximum Gasteiger partial charge on any atom is 0.262 e. The van der Waals surface area contributed by atoms with Crippen LogP contribution in [-0.4, -0.2) is 133 Å². The van der Waals surface area contributed by atoms with E-state index in [0.29, 0.717) is 70.9 Å². The summed E-state index contributed by atoms with van der Waals surface area (Å²) in [5.41, 5.74) is 3.22. The van der Waals surface area contributed by atoms with Crippen LogP contribution >= 0.6 is 0 Å². The second-order valence-electron chi connectivity index (χ2n) is 14.9. The molecule has 4 heterocycles. The van der Waals surface area contributed by atoms with Crippen molar-refractivity contribution in [2.75, 3.05) is 51.3 Å². The standard InChI is InChI=1S/C37H57FN10O6S/c1-7-9-10-17-47(32-23-29-28(22-30(32)38)35(51)48(36(29)52)31-11-12-33(49)42-34(31)50)45-18-15-27(16-19-45)55(53,54)46-20-13-26(14-21-46)41-37(39-8-2)44(6)43-25(5)40-24(3)4/h22-24,26-27,31H,7-21H2,1-6H3,(H,39,41)(H,40,43)(H,42,49,50). The molecule has 16 nitrogen and oxygen atoms in total. The molecule has 5 rings (SSSR count). The summed E-state index contributed by atoms with van der Waals surface area (Å²) in [6.07, 6.45) is 4.45. The maximum atomic E-state index is 16.0. The van der Waals surface area contributed by atoms with Gasteiger partial charge in [0.25, 0.3) is 11.8 Å². The zero-order valence-corrected chi connectivity index (χ0v) is 33.8. The Morgan fingerprint density at radius 3 is 2.24 bits per heavy atom. The number of carbonyl (C=O) groups is 4. The number of benzene rings is 1. The van der Waals surface area contributed by atoms with E-state index in [1.54, 1.807) is 14.3 Å². The van der Waals surface area contributed by atoms with Crippen LogP contribution in [0.5, 0.6) is 0 Å². The fourth-order valence-corrected chi connectivity index (χ4v) is 9.69. The number of anilines is 1. The van der Waals surface area contributed by atoms with Crippen LogP contribution in [0.2, 0.25) is 0 Å². The third kappa shape index (κ3) is 9.63. The molecule has 0 radical (unpaired) electrons. The summed E-state index contributed by atoms with van der Waals surface area (Å²) in [7, 11) is -1.73. The van der Waals surface area contributed by atoms with Crippen molar-refractivity contribution >= 4 is 51.1 Å². The number of sulfonamides is 1. The SMILES string of the molecule is CCCCCN(c1cc2c(cc1F)C(=O)N(C1CCC(=O)NC1=O)C2=O)N1CCC(S(=O)(=O)N2CCC(NC(=NCC)N(C)NC(C)=NC(C)C)CC2)CC1. The van der Waals surface area contributed by atoms with Crippen LogP contribution in [0.25, 0.3) is 0 Å². The van der Waals surface area contributed by atoms with Crippen LogP contribution in [0.1, 0.15) is 113 Å². The van der Waals surface area contributed by atoms with Crippen LogP contribution in [0, 0.1) is 5.82 Å². The highest BCUT2D eigenvalue weighted by molar-refractivity contribution is 7.89. The molecular formula is C37H57FN10O6S. The van der Waals surface area contributed by atoms with Gasteiger partial charge in [-0.3, -0.25) is 49.8 Å². The number of carbonyl (C=O) groups excluding carboxylic acids is 4. The highest BCUT2D eigenvalue weighted by atomic mass is 32.2. The van der Waals surface area contributed by atoms with Crippen molar-refractivity contribution in [2.45, 2.75) is 116 Å². The average molecular weight is 789 g/mol. The molecule has 1 aromatic carbocycles. The van der Waals surface area contributed by atoms with Crippen molar-refractivity contribution in [3.8, 4) is 0 Å². The van der Waals surface area contributed by atoms with E-state index in [0.717, 1.165) is 36.1 Å². The summed E-state index contributed by atoms with van der Waals surface area (Å²) >= 11 is 0. The highest BCUT2D eigenvalue weighted by Crippen LogP contribution is 2.35. The van der Waals surface area contributed by atoms with Gasteiger partial charge in [-0.15, -0.1) is 0 Å². The van der Waals surface area contributed by atoms with Crippen molar-refractivity contribution in [3.05, 3.63) is 29.1 Å². The number of amidine groups is 1. The van der Waals surface area contributed by atoms with Crippen molar-refractivity contribution in [3.63, 3.8) is 0 Å². The number of guanidine groups is 1. The molecule has 55 heavy (non-hydrogen) atoms. The molecule has 0 saturated carbocycles. The minimum Gasteiger partial charge on any atom is -0.352 e. The molecule has 3 saturated heterocycles. The number of hydrogen-bond donors (Lipinski definition) is 3. The van der Waals surface area contributed by atoms with Gasteiger partial charge in [-0.2, -0.15) is 0 Å². The molecule has 3 fully saturated rings. The van der Waals surface area contributed by atoms with Gasteiger partial charge < -0.3 is 10.3 Å². The van der Waals surface area contributed by atoms with E-state index >= 15 is 4.39 Å². The summed E-state index contributed by atoms with van der Waals surface area (Å²) in [6.45, 7) is 12.4. The van der Waals surface area contributed by atoms with E-state index in [2.05, 4.69) is 33.0 Å². The Labute approximate surface area is 323 Å². The summed E-state index contributed by atoms with van der Waals surface area (Å²) in [5, 5.41) is 10.6. The fraction of sp³-hybridized carbons (Fsp3) is 0.676. The highest BCUT2D eigenvalue weighted by Gasteiger charge is 2.46. The summed E-state index contributed by atoms with van der Waals surface area (Å²) < 4.78 is 45.4. The lowest BCUT2D eigenvalue weighted by atomic mass is 10.0. The molecule has 4 aliphatic rings. The number of amides is 4. The zero-order chi connectivity index (χ0) is 40.0. The Balaban J connectivity index is 1.23. The first-order chi connectivity index (χ1) is 26.2. The Bertz CT molecular complexity index is 1770. The predicted molar refractivity (Wildman–Crippen MR) is 208 cm³/mol.